The minimum absolute atomic E-state index is 0.0643. The first-order chi connectivity index (χ1) is 6.59. The van der Waals surface area contributed by atoms with Crippen molar-refractivity contribution in [1.82, 2.24) is 10.2 Å². The highest BCUT2D eigenvalue weighted by Gasteiger charge is 2.13. The molecule has 2 N–H and O–H groups in total. The highest BCUT2D eigenvalue weighted by atomic mass is 35.5. The fourth-order valence-corrected chi connectivity index (χ4v) is 1.42. The number of hydrogen-bond acceptors (Lipinski definition) is 2. The molecule has 0 atom stereocenters. The van der Waals surface area contributed by atoms with Gasteiger partial charge in [0, 0.05) is 0 Å². The minimum Gasteiger partial charge on any atom is -0.478 e. The van der Waals surface area contributed by atoms with Crippen LogP contribution in [0.2, 0.25) is 5.15 Å². The number of aromatic amines is 1. The van der Waals surface area contributed by atoms with E-state index >= 15 is 0 Å². The second-order valence-corrected chi connectivity index (χ2v) is 3.07. The molecule has 0 bridgehead atoms. The number of hydrogen-bond donors (Lipinski definition) is 2. The summed E-state index contributed by atoms with van der Waals surface area (Å²) < 4.78 is 13.3. The standard InChI is InChI=1S/C8H4ClFN2O2/c9-7-6-4(10)1-3(8(13)14)2-5(6)11-12-7/h1-2H,(H,11,12)(H,13,14). The number of H-pyrrole nitrogens is 1. The van der Waals surface area contributed by atoms with Gasteiger partial charge in [0.2, 0.25) is 0 Å². The van der Waals surface area contributed by atoms with Crippen LogP contribution in [0.25, 0.3) is 10.9 Å². The summed E-state index contributed by atoms with van der Waals surface area (Å²) in [4.78, 5) is 10.6. The molecule has 2 aromatic rings. The van der Waals surface area contributed by atoms with Gasteiger partial charge >= 0.3 is 5.97 Å². The lowest BCUT2D eigenvalue weighted by Crippen LogP contribution is -1.96. The van der Waals surface area contributed by atoms with Gasteiger partial charge in [-0.2, -0.15) is 5.10 Å². The summed E-state index contributed by atoms with van der Waals surface area (Å²) in [5.41, 5.74) is 0.0468. The maximum atomic E-state index is 13.3. The molecule has 6 heteroatoms. The largest absolute Gasteiger partial charge is 0.478 e. The number of benzene rings is 1. The zero-order chi connectivity index (χ0) is 10.3. The molecule has 0 fully saturated rings. The maximum Gasteiger partial charge on any atom is 0.335 e. The van der Waals surface area contributed by atoms with Crippen molar-refractivity contribution in [2.75, 3.05) is 0 Å². The Hall–Kier alpha value is -1.62. The summed E-state index contributed by atoms with van der Waals surface area (Å²) in [6.45, 7) is 0. The molecule has 0 saturated heterocycles. The van der Waals surface area contributed by atoms with Gasteiger partial charge in [-0.05, 0) is 12.1 Å². The number of aromatic nitrogens is 2. The summed E-state index contributed by atoms with van der Waals surface area (Å²) in [5.74, 6) is -1.90. The van der Waals surface area contributed by atoms with Crippen molar-refractivity contribution < 1.29 is 14.3 Å². The van der Waals surface area contributed by atoms with Gasteiger partial charge in [0.1, 0.15) is 11.0 Å². The van der Waals surface area contributed by atoms with E-state index in [0.717, 1.165) is 6.07 Å². The van der Waals surface area contributed by atoms with Gasteiger partial charge in [0.05, 0.1) is 16.5 Å². The second kappa shape index (κ2) is 2.95. The minimum atomic E-state index is -1.20. The van der Waals surface area contributed by atoms with Crippen LogP contribution in [-0.2, 0) is 0 Å². The van der Waals surface area contributed by atoms with Crippen molar-refractivity contribution in [3.8, 4) is 0 Å². The maximum absolute atomic E-state index is 13.3. The van der Waals surface area contributed by atoms with Gasteiger partial charge in [0.15, 0.2) is 0 Å². The van der Waals surface area contributed by atoms with Gasteiger partial charge in [-0.1, -0.05) is 11.6 Å². The smallest absolute Gasteiger partial charge is 0.335 e. The molecule has 14 heavy (non-hydrogen) atoms. The quantitative estimate of drug-likeness (QED) is 0.764. The predicted octanol–water partition coefficient (Wildman–Crippen LogP) is 2.05. The van der Waals surface area contributed by atoms with E-state index in [9.17, 15) is 9.18 Å². The molecule has 0 radical (unpaired) electrons. The fourth-order valence-electron chi connectivity index (χ4n) is 1.19. The van der Waals surface area contributed by atoms with E-state index in [0.29, 0.717) is 0 Å². The molecular formula is C8H4ClFN2O2. The van der Waals surface area contributed by atoms with Crippen LogP contribution in [0.15, 0.2) is 12.1 Å². The Kier molecular flexibility index (Phi) is 1.89. The van der Waals surface area contributed by atoms with Crippen LogP contribution in [0.3, 0.4) is 0 Å². The number of aromatic carboxylic acids is 1. The molecule has 1 aromatic heterocycles. The molecule has 0 amide bonds. The zero-order valence-corrected chi connectivity index (χ0v) is 7.47. The van der Waals surface area contributed by atoms with E-state index in [1.54, 1.807) is 0 Å². The third-order valence-electron chi connectivity index (χ3n) is 1.81. The van der Waals surface area contributed by atoms with Gasteiger partial charge in [-0.15, -0.1) is 0 Å². The van der Waals surface area contributed by atoms with E-state index in [1.807, 2.05) is 0 Å². The third-order valence-corrected chi connectivity index (χ3v) is 2.08. The SMILES string of the molecule is O=C(O)c1cc(F)c2c(Cl)[nH]nc2c1. The number of halogens is 2. The molecule has 1 aromatic carbocycles. The lowest BCUT2D eigenvalue weighted by Gasteiger charge is -1.95. The van der Waals surface area contributed by atoms with Crippen LogP contribution in [0.1, 0.15) is 10.4 Å². The van der Waals surface area contributed by atoms with Gasteiger partial charge in [-0.3, -0.25) is 5.10 Å². The van der Waals surface area contributed by atoms with Gasteiger partial charge < -0.3 is 5.11 Å². The molecule has 0 aliphatic rings. The van der Waals surface area contributed by atoms with Gasteiger partial charge in [0.25, 0.3) is 0 Å². The first-order valence-corrected chi connectivity index (χ1v) is 4.04. The Morgan fingerprint density at radius 3 is 2.93 bits per heavy atom. The summed E-state index contributed by atoms with van der Waals surface area (Å²) in [5, 5.41) is 14.8. The van der Waals surface area contributed by atoms with Crippen LogP contribution in [-0.4, -0.2) is 21.3 Å². The van der Waals surface area contributed by atoms with Gasteiger partial charge in [-0.25, -0.2) is 9.18 Å². The van der Waals surface area contributed by atoms with E-state index in [1.165, 1.54) is 6.07 Å². The lowest BCUT2D eigenvalue weighted by molar-refractivity contribution is 0.0696. The van der Waals surface area contributed by atoms with E-state index < -0.39 is 11.8 Å². The Bertz CT molecular complexity index is 523. The van der Waals surface area contributed by atoms with E-state index in [-0.39, 0.29) is 21.6 Å². The van der Waals surface area contributed by atoms with Crippen molar-refractivity contribution >= 4 is 28.5 Å². The third kappa shape index (κ3) is 1.22. The zero-order valence-electron chi connectivity index (χ0n) is 6.71. The van der Waals surface area contributed by atoms with Crippen LogP contribution >= 0.6 is 11.6 Å². The number of carboxylic acid groups (broad SMARTS) is 1. The van der Waals surface area contributed by atoms with Crippen LogP contribution in [0.4, 0.5) is 4.39 Å². The molecule has 1 heterocycles. The first kappa shape index (κ1) is 8.96. The number of carboxylic acids is 1. The highest BCUT2D eigenvalue weighted by molar-refractivity contribution is 6.34. The number of carbonyl (C=O) groups is 1. The Balaban J connectivity index is 2.80. The summed E-state index contributed by atoms with van der Waals surface area (Å²) in [6.07, 6.45) is 0. The molecule has 0 unspecified atom stereocenters. The molecule has 2 rings (SSSR count). The molecule has 0 spiro atoms. The Labute approximate surface area is 82.3 Å². The fraction of sp³-hybridized carbons (Fsp3) is 0. The van der Waals surface area contributed by atoms with Crippen LogP contribution < -0.4 is 0 Å². The van der Waals surface area contributed by atoms with E-state index in [4.69, 9.17) is 16.7 Å². The van der Waals surface area contributed by atoms with Crippen molar-refractivity contribution in [2.24, 2.45) is 0 Å². The second-order valence-electron chi connectivity index (χ2n) is 2.69. The number of rotatable bonds is 1. The van der Waals surface area contributed by atoms with E-state index in [2.05, 4.69) is 10.2 Å². The number of fused-ring (bicyclic) bond motifs is 1. The topological polar surface area (TPSA) is 66.0 Å². The summed E-state index contributed by atoms with van der Waals surface area (Å²) >= 11 is 5.60. The number of nitrogens with one attached hydrogen (secondary N) is 1. The molecule has 0 aliphatic carbocycles. The van der Waals surface area contributed by atoms with Crippen molar-refractivity contribution in [2.45, 2.75) is 0 Å². The Morgan fingerprint density at radius 2 is 2.29 bits per heavy atom. The summed E-state index contributed by atoms with van der Waals surface area (Å²) in [6, 6.07) is 2.16. The Morgan fingerprint density at radius 1 is 1.57 bits per heavy atom. The molecule has 0 saturated carbocycles. The normalized spacial score (nSPS) is 10.7. The first-order valence-electron chi connectivity index (χ1n) is 3.66. The number of nitrogens with zero attached hydrogens (tertiary/aromatic N) is 1. The summed E-state index contributed by atoms with van der Waals surface area (Å²) in [7, 11) is 0. The molecule has 0 aliphatic heterocycles. The van der Waals surface area contributed by atoms with Crippen LogP contribution in [0.5, 0.6) is 0 Å². The van der Waals surface area contributed by atoms with Crippen molar-refractivity contribution in [3.63, 3.8) is 0 Å². The molecule has 4 nitrogen and oxygen atoms in total. The highest BCUT2D eigenvalue weighted by Crippen LogP contribution is 2.24. The molecule has 72 valence electrons. The monoisotopic (exact) mass is 214 g/mol. The lowest BCUT2D eigenvalue weighted by atomic mass is 10.1. The molecular weight excluding hydrogens is 211 g/mol. The average Bonchev–Trinajstić information content (AvgIpc) is 2.48. The van der Waals surface area contributed by atoms with Crippen molar-refractivity contribution in [1.29, 1.82) is 0 Å². The predicted molar refractivity (Wildman–Crippen MR) is 48.0 cm³/mol. The van der Waals surface area contributed by atoms with Crippen LogP contribution in [0, 0.1) is 5.82 Å². The average molecular weight is 215 g/mol. The van der Waals surface area contributed by atoms with Crippen molar-refractivity contribution in [3.05, 3.63) is 28.7 Å².